The molecule has 160 valence electrons. The predicted octanol–water partition coefficient (Wildman–Crippen LogP) is 4.42. The first kappa shape index (κ1) is 20.8. The smallest absolute Gasteiger partial charge is 0.206 e. The third-order valence-corrected chi connectivity index (χ3v) is 5.24. The van der Waals surface area contributed by atoms with Crippen LogP contribution in [0.2, 0.25) is 0 Å². The van der Waals surface area contributed by atoms with Crippen LogP contribution in [0, 0.1) is 0 Å². The third kappa shape index (κ3) is 4.84. The summed E-state index contributed by atoms with van der Waals surface area (Å²) in [5.41, 5.74) is 3.89. The number of aromatic nitrogens is 8. The molecule has 0 fully saturated rings. The van der Waals surface area contributed by atoms with Gasteiger partial charge in [-0.05, 0) is 29.3 Å². The van der Waals surface area contributed by atoms with Crippen LogP contribution in [0.1, 0.15) is 63.2 Å². The zero-order chi connectivity index (χ0) is 21.6. The molecule has 0 aliphatic carbocycles. The first-order valence-electron chi connectivity index (χ1n) is 10.9. The molecule has 3 heterocycles. The van der Waals surface area contributed by atoms with E-state index in [0.29, 0.717) is 11.7 Å². The lowest BCUT2D eigenvalue weighted by Crippen LogP contribution is -2.07. The molecule has 0 saturated heterocycles. The standard InChI is InChI=1S/C23H28N8/c1-4-5-6-14-31-20(25-22(28-31)16(2)3)15-17-9-11-18(12-10-17)21-19(8-7-13-24-21)23-26-29-30-27-23/h7-13,16H,4-6,14-15H2,1-3H3,(H,26,27,29,30). The van der Waals surface area contributed by atoms with Gasteiger partial charge in [-0.25, -0.2) is 9.67 Å². The second-order valence-corrected chi connectivity index (χ2v) is 7.98. The van der Waals surface area contributed by atoms with Crippen LogP contribution in [0.3, 0.4) is 0 Å². The number of hydrogen-bond donors (Lipinski definition) is 1. The van der Waals surface area contributed by atoms with Gasteiger partial charge in [-0.1, -0.05) is 57.9 Å². The average Bonchev–Trinajstić information content (AvgIpc) is 3.45. The van der Waals surface area contributed by atoms with Gasteiger partial charge in [0, 0.05) is 36.2 Å². The second-order valence-electron chi connectivity index (χ2n) is 7.98. The Balaban J connectivity index is 1.56. The molecule has 0 radical (unpaired) electrons. The van der Waals surface area contributed by atoms with Crippen molar-refractivity contribution in [3.8, 4) is 22.6 Å². The number of hydrogen-bond acceptors (Lipinski definition) is 6. The number of unbranched alkanes of at least 4 members (excludes halogenated alkanes) is 2. The third-order valence-electron chi connectivity index (χ3n) is 5.24. The maximum absolute atomic E-state index is 4.82. The van der Waals surface area contributed by atoms with E-state index in [4.69, 9.17) is 10.1 Å². The van der Waals surface area contributed by atoms with Gasteiger partial charge in [-0.3, -0.25) is 4.98 Å². The van der Waals surface area contributed by atoms with Crippen molar-refractivity contribution >= 4 is 0 Å². The van der Waals surface area contributed by atoms with Gasteiger partial charge in [0.15, 0.2) is 5.82 Å². The van der Waals surface area contributed by atoms with Crippen molar-refractivity contribution < 1.29 is 0 Å². The molecule has 0 unspecified atom stereocenters. The number of nitrogens with one attached hydrogen (secondary N) is 1. The second kappa shape index (κ2) is 9.59. The molecule has 0 aliphatic rings. The molecule has 8 heteroatoms. The van der Waals surface area contributed by atoms with Gasteiger partial charge >= 0.3 is 0 Å². The molecule has 0 aliphatic heterocycles. The lowest BCUT2D eigenvalue weighted by atomic mass is 10.0. The van der Waals surface area contributed by atoms with Crippen molar-refractivity contribution in [1.29, 1.82) is 0 Å². The quantitative estimate of drug-likeness (QED) is 0.406. The van der Waals surface area contributed by atoms with E-state index < -0.39 is 0 Å². The Kier molecular flexibility index (Phi) is 6.45. The summed E-state index contributed by atoms with van der Waals surface area (Å²) in [6, 6.07) is 12.3. The maximum atomic E-state index is 4.82. The number of aromatic amines is 1. The lowest BCUT2D eigenvalue weighted by molar-refractivity contribution is 0.529. The Labute approximate surface area is 182 Å². The summed E-state index contributed by atoms with van der Waals surface area (Å²) >= 11 is 0. The van der Waals surface area contributed by atoms with Crippen LogP contribution in [-0.4, -0.2) is 40.4 Å². The molecule has 0 bridgehead atoms. The van der Waals surface area contributed by atoms with Crippen molar-refractivity contribution in [3.05, 3.63) is 59.8 Å². The molecule has 0 atom stereocenters. The van der Waals surface area contributed by atoms with Gasteiger partial charge in [0.25, 0.3) is 0 Å². The molecular weight excluding hydrogens is 388 g/mol. The molecule has 0 saturated carbocycles. The molecule has 1 N–H and O–H groups in total. The monoisotopic (exact) mass is 416 g/mol. The van der Waals surface area contributed by atoms with Crippen LogP contribution in [0.4, 0.5) is 0 Å². The van der Waals surface area contributed by atoms with Crippen LogP contribution in [-0.2, 0) is 13.0 Å². The number of H-pyrrole nitrogens is 1. The lowest BCUT2D eigenvalue weighted by Gasteiger charge is -2.08. The minimum Gasteiger partial charge on any atom is -0.255 e. The maximum Gasteiger partial charge on any atom is 0.206 e. The van der Waals surface area contributed by atoms with Gasteiger partial charge in [0.05, 0.1) is 5.69 Å². The van der Waals surface area contributed by atoms with Crippen molar-refractivity contribution in [1.82, 2.24) is 40.4 Å². The van der Waals surface area contributed by atoms with Crippen molar-refractivity contribution in [3.63, 3.8) is 0 Å². The highest BCUT2D eigenvalue weighted by Gasteiger charge is 2.15. The minimum absolute atomic E-state index is 0.321. The fraction of sp³-hybridized carbons (Fsp3) is 0.391. The summed E-state index contributed by atoms with van der Waals surface area (Å²) in [5.74, 6) is 2.80. The normalized spacial score (nSPS) is 11.4. The van der Waals surface area contributed by atoms with Gasteiger partial charge in [-0.2, -0.15) is 10.3 Å². The Hall–Kier alpha value is -3.42. The molecule has 3 aromatic heterocycles. The SMILES string of the molecule is CCCCCn1nc(C(C)C)nc1Cc1ccc(-c2ncccc2-c2nn[nH]n2)cc1. The predicted molar refractivity (Wildman–Crippen MR) is 119 cm³/mol. The molecule has 4 rings (SSSR count). The highest BCUT2D eigenvalue weighted by Crippen LogP contribution is 2.28. The highest BCUT2D eigenvalue weighted by molar-refractivity contribution is 5.76. The van der Waals surface area contributed by atoms with Crippen molar-refractivity contribution in [2.75, 3.05) is 0 Å². The van der Waals surface area contributed by atoms with Crippen LogP contribution in [0.25, 0.3) is 22.6 Å². The van der Waals surface area contributed by atoms with E-state index in [9.17, 15) is 0 Å². The van der Waals surface area contributed by atoms with Gasteiger partial charge in [0.2, 0.25) is 5.82 Å². The molecule has 0 spiro atoms. The van der Waals surface area contributed by atoms with Crippen LogP contribution < -0.4 is 0 Å². The molecule has 8 nitrogen and oxygen atoms in total. The zero-order valence-corrected chi connectivity index (χ0v) is 18.3. The Morgan fingerprint density at radius 1 is 1.06 bits per heavy atom. The first-order chi connectivity index (χ1) is 15.2. The van der Waals surface area contributed by atoms with E-state index >= 15 is 0 Å². The van der Waals surface area contributed by atoms with Crippen molar-refractivity contribution in [2.45, 2.75) is 58.9 Å². The summed E-state index contributed by atoms with van der Waals surface area (Å²) in [7, 11) is 0. The van der Waals surface area contributed by atoms with E-state index in [2.05, 4.69) is 75.3 Å². The summed E-state index contributed by atoms with van der Waals surface area (Å²) in [4.78, 5) is 9.37. The van der Waals surface area contributed by atoms with E-state index in [1.54, 1.807) is 6.20 Å². The van der Waals surface area contributed by atoms with Gasteiger partial charge in [-0.15, -0.1) is 10.2 Å². The summed E-state index contributed by atoms with van der Waals surface area (Å²) in [6.45, 7) is 7.41. The number of nitrogens with zero attached hydrogens (tertiary/aromatic N) is 7. The zero-order valence-electron chi connectivity index (χ0n) is 18.3. The van der Waals surface area contributed by atoms with E-state index in [1.807, 2.05) is 12.1 Å². The van der Waals surface area contributed by atoms with Crippen LogP contribution >= 0.6 is 0 Å². The number of aryl methyl sites for hydroxylation is 1. The van der Waals surface area contributed by atoms with Crippen LogP contribution in [0.5, 0.6) is 0 Å². The first-order valence-corrected chi connectivity index (χ1v) is 10.9. The summed E-state index contributed by atoms with van der Waals surface area (Å²) in [5, 5.41) is 19.1. The molecular formula is C23H28N8. The molecule has 4 aromatic rings. The number of tetrazole rings is 1. The average molecular weight is 417 g/mol. The van der Waals surface area contributed by atoms with E-state index in [0.717, 1.165) is 47.9 Å². The topological polar surface area (TPSA) is 98.1 Å². The van der Waals surface area contributed by atoms with E-state index in [1.165, 1.54) is 18.4 Å². The fourth-order valence-electron chi connectivity index (χ4n) is 3.51. The molecule has 31 heavy (non-hydrogen) atoms. The van der Waals surface area contributed by atoms with Crippen molar-refractivity contribution in [2.24, 2.45) is 0 Å². The number of pyridine rings is 1. The minimum atomic E-state index is 0.321. The number of benzene rings is 1. The van der Waals surface area contributed by atoms with Gasteiger partial charge in [0.1, 0.15) is 5.82 Å². The Morgan fingerprint density at radius 2 is 1.90 bits per heavy atom. The fourth-order valence-corrected chi connectivity index (χ4v) is 3.51. The largest absolute Gasteiger partial charge is 0.255 e. The molecule has 1 aromatic carbocycles. The summed E-state index contributed by atoms with van der Waals surface area (Å²) in [6.07, 6.45) is 6.06. The van der Waals surface area contributed by atoms with Gasteiger partial charge < -0.3 is 0 Å². The van der Waals surface area contributed by atoms with E-state index in [-0.39, 0.29) is 0 Å². The summed E-state index contributed by atoms with van der Waals surface area (Å²) < 4.78 is 2.09. The van der Waals surface area contributed by atoms with Crippen LogP contribution in [0.15, 0.2) is 42.6 Å². The highest BCUT2D eigenvalue weighted by atomic mass is 15.5. The Bertz CT molecular complexity index is 1100. The Morgan fingerprint density at radius 3 is 2.61 bits per heavy atom. The molecule has 0 amide bonds. The number of rotatable bonds is 9.